The Balaban J connectivity index is 2.11. The van der Waals surface area contributed by atoms with Crippen LogP contribution in [0.5, 0.6) is 0 Å². The lowest BCUT2D eigenvalue weighted by Crippen LogP contribution is -2.03. The summed E-state index contributed by atoms with van der Waals surface area (Å²) in [5.74, 6) is 0.00279. The number of Topliss-reactive ketones (excluding diaryl/α,β-unsaturated/α-hetero) is 1. The van der Waals surface area contributed by atoms with E-state index in [4.69, 9.17) is 0 Å². The van der Waals surface area contributed by atoms with Crippen LogP contribution in [0.3, 0.4) is 0 Å². The molecule has 0 aliphatic heterocycles. The molecule has 0 fully saturated rings. The lowest BCUT2D eigenvalue weighted by molar-refractivity contribution is 0.101. The predicted octanol–water partition coefficient (Wildman–Crippen LogP) is 3.29. The number of ketones is 1. The van der Waals surface area contributed by atoms with Crippen molar-refractivity contribution in [1.29, 1.82) is 0 Å². The average Bonchev–Trinajstić information content (AvgIpc) is 2.79. The van der Waals surface area contributed by atoms with Crippen LogP contribution in [-0.2, 0) is 6.54 Å². The van der Waals surface area contributed by atoms with Crippen LogP contribution in [-0.4, -0.2) is 15.6 Å². The van der Waals surface area contributed by atoms with E-state index < -0.39 is 0 Å². The number of rotatable bonds is 3. The van der Waals surface area contributed by atoms with Crippen molar-refractivity contribution in [2.45, 2.75) is 13.5 Å². The van der Waals surface area contributed by atoms with Gasteiger partial charge in [0.25, 0.3) is 0 Å². The van der Waals surface area contributed by atoms with Gasteiger partial charge in [0.1, 0.15) is 5.69 Å². The molecule has 2 aromatic carbocycles. The molecule has 0 saturated carbocycles. The maximum atomic E-state index is 11.6. The number of hydrogen-bond acceptors (Lipinski definition) is 2. The standard InChI is InChI=1S/C16H14N2O/c1-12(19)16-14-9-5-6-10-15(14)18(17-16)11-13-7-3-2-4-8-13/h2-10H,11H2,1H3. The van der Waals surface area contributed by atoms with Gasteiger partial charge >= 0.3 is 0 Å². The minimum atomic E-state index is 0.00279. The third kappa shape index (κ3) is 2.15. The molecule has 3 heteroatoms. The first-order valence-electron chi connectivity index (χ1n) is 6.26. The summed E-state index contributed by atoms with van der Waals surface area (Å²) >= 11 is 0. The number of para-hydroxylation sites is 1. The molecule has 1 heterocycles. The van der Waals surface area contributed by atoms with E-state index in [0.29, 0.717) is 12.2 Å². The molecule has 1 aromatic heterocycles. The fourth-order valence-corrected chi connectivity index (χ4v) is 2.26. The summed E-state index contributed by atoms with van der Waals surface area (Å²) < 4.78 is 1.89. The average molecular weight is 250 g/mol. The van der Waals surface area contributed by atoms with Gasteiger partial charge in [0.2, 0.25) is 0 Å². The van der Waals surface area contributed by atoms with E-state index in [1.165, 1.54) is 5.56 Å². The smallest absolute Gasteiger partial charge is 0.180 e. The summed E-state index contributed by atoms with van der Waals surface area (Å²) in [6.07, 6.45) is 0. The van der Waals surface area contributed by atoms with E-state index in [9.17, 15) is 4.79 Å². The Labute approximate surface area is 111 Å². The molecular weight excluding hydrogens is 236 g/mol. The summed E-state index contributed by atoms with van der Waals surface area (Å²) in [4.78, 5) is 11.6. The Kier molecular flexibility index (Phi) is 2.88. The molecule has 3 nitrogen and oxygen atoms in total. The molecule has 0 aliphatic rings. The van der Waals surface area contributed by atoms with Gasteiger partial charge in [-0.05, 0) is 11.6 Å². The van der Waals surface area contributed by atoms with Crippen molar-refractivity contribution in [1.82, 2.24) is 9.78 Å². The van der Waals surface area contributed by atoms with Crippen LogP contribution < -0.4 is 0 Å². The number of hydrogen-bond donors (Lipinski definition) is 0. The molecule has 3 aromatic rings. The van der Waals surface area contributed by atoms with Gasteiger partial charge in [-0.3, -0.25) is 9.48 Å². The first-order chi connectivity index (χ1) is 9.25. The van der Waals surface area contributed by atoms with Crippen LogP contribution in [0.2, 0.25) is 0 Å². The molecule has 0 amide bonds. The zero-order valence-corrected chi connectivity index (χ0v) is 10.7. The lowest BCUT2D eigenvalue weighted by atomic mass is 10.1. The van der Waals surface area contributed by atoms with Crippen LogP contribution in [0.25, 0.3) is 10.9 Å². The molecule has 0 atom stereocenters. The van der Waals surface area contributed by atoms with Gasteiger partial charge in [0.15, 0.2) is 5.78 Å². The molecule has 0 saturated heterocycles. The van der Waals surface area contributed by atoms with Gasteiger partial charge in [-0.2, -0.15) is 5.10 Å². The zero-order valence-electron chi connectivity index (χ0n) is 10.7. The molecule has 0 N–H and O–H groups in total. The number of aromatic nitrogens is 2. The molecule has 0 radical (unpaired) electrons. The predicted molar refractivity (Wildman–Crippen MR) is 75.3 cm³/mol. The maximum absolute atomic E-state index is 11.6. The first kappa shape index (κ1) is 11.7. The normalized spacial score (nSPS) is 10.8. The fourth-order valence-electron chi connectivity index (χ4n) is 2.26. The monoisotopic (exact) mass is 250 g/mol. The topological polar surface area (TPSA) is 34.9 Å². The van der Waals surface area contributed by atoms with E-state index in [1.54, 1.807) is 6.92 Å². The largest absolute Gasteiger partial charge is 0.293 e. The van der Waals surface area contributed by atoms with Gasteiger partial charge in [-0.25, -0.2) is 0 Å². The Bertz CT molecular complexity index is 729. The first-order valence-corrected chi connectivity index (χ1v) is 6.26. The summed E-state index contributed by atoms with van der Waals surface area (Å²) in [6.45, 7) is 2.23. The summed E-state index contributed by atoms with van der Waals surface area (Å²) in [5.41, 5.74) is 2.72. The summed E-state index contributed by atoms with van der Waals surface area (Å²) in [7, 11) is 0. The highest BCUT2D eigenvalue weighted by Crippen LogP contribution is 2.19. The maximum Gasteiger partial charge on any atom is 0.180 e. The Morgan fingerprint density at radius 1 is 1.05 bits per heavy atom. The van der Waals surface area contributed by atoms with Crippen LogP contribution in [0.1, 0.15) is 23.0 Å². The van der Waals surface area contributed by atoms with Crippen LogP contribution >= 0.6 is 0 Å². The zero-order chi connectivity index (χ0) is 13.2. The molecule has 0 unspecified atom stereocenters. The van der Waals surface area contributed by atoms with Crippen molar-refractivity contribution in [2.75, 3.05) is 0 Å². The molecule has 94 valence electrons. The molecule has 19 heavy (non-hydrogen) atoms. The second-order valence-corrected chi connectivity index (χ2v) is 4.57. The minimum Gasteiger partial charge on any atom is -0.293 e. The van der Waals surface area contributed by atoms with Crippen molar-refractivity contribution in [2.24, 2.45) is 0 Å². The van der Waals surface area contributed by atoms with Gasteiger partial charge in [0, 0.05) is 12.3 Å². The number of carbonyl (C=O) groups excluding carboxylic acids is 1. The summed E-state index contributed by atoms with van der Waals surface area (Å²) in [6, 6.07) is 18.0. The highest BCUT2D eigenvalue weighted by molar-refractivity contribution is 6.04. The summed E-state index contributed by atoms with van der Waals surface area (Å²) in [5, 5.41) is 5.37. The van der Waals surface area contributed by atoms with Gasteiger partial charge in [-0.15, -0.1) is 0 Å². The van der Waals surface area contributed by atoms with Crippen LogP contribution in [0, 0.1) is 0 Å². The Morgan fingerprint density at radius 3 is 2.47 bits per heavy atom. The Morgan fingerprint density at radius 2 is 1.74 bits per heavy atom. The highest BCUT2D eigenvalue weighted by Gasteiger charge is 2.13. The number of carbonyl (C=O) groups is 1. The molecule has 0 spiro atoms. The number of benzene rings is 2. The van der Waals surface area contributed by atoms with Crippen molar-refractivity contribution in [3.63, 3.8) is 0 Å². The van der Waals surface area contributed by atoms with Crippen molar-refractivity contribution in [3.8, 4) is 0 Å². The fraction of sp³-hybridized carbons (Fsp3) is 0.125. The SMILES string of the molecule is CC(=O)c1nn(Cc2ccccc2)c2ccccc12. The van der Waals surface area contributed by atoms with E-state index in [-0.39, 0.29) is 5.78 Å². The molecular formula is C16H14N2O. The molecule has 3 rings (SSSR count). The van der Waals surface area contributed by atoms with E-state index in [0.717, 1.165) is 10.9 Å². The highest BCUT2D eigenvalue weighted by atomic mass is 16.1. The van der Waals surface area contributed by atoms with E-state index in [2.05, 4.69) is 17.2 Å². The number of fused-ring (bicyclic) bond motifs is 1. The van der Waals surface area contributed by atoms with E-state index >= 15 is 0 Å². The van der Waals surface area contributed by atoms with Crippen molar-refractivity contribution >= 4 is 16.7 Å². The van der Waals surface area contributed by atoms with Crippen molar-refractivity contribution in [3.05, 3.63) is 65.9 Å². The third-order valence-corrected chi connectivity index (χ3v) is 3.17. The quantitative estimate of drug-likeness (QED) is 0.668. The van der Waals surface area contributed by atoms with Crippen LogP contribution in [0.4, 0.5) is 0 Å². The minimum absolute atomic E-state index is 0.00279. The van der Waals surface area contributed by atoms with Gasteiger partial charge in [0.05, 0.1) is 12.1 Å². The van der Waals surface area contributed by atoms with Gasteiger partial charge < -0.3 is 0 Å². The van der Waals surface area contributed by atoms with Crippen LogP contribution in [0.15, 0.2) is 54.6 Å². The van der Waals surface area contributed by atoms with Gasteiger partial charge in [-0.1, -0.05) is 48.5 Å². The Hall–Kier alpha value is -2.42. The second kappa shape index (κ2) is 4.69. The molecule has 0 aliphatic carbocycles. The van der Waals surface area contributed by atoms with E-state index in [1.807, 2.05) is 47.1 Å². The van der Waals surface area contributed by atoms with Crippen molar-refractivity contribution < 1.29 is 4.79 Å². The third-order valence-electron chi connectivity index (χ3n) is 3.17. The lowest BCUT2D eigenvalue weighted by Gasteiger charge is -2.03. The second-order valence-electron chi connectivity index (χ2n) is 4.57. The molecule has 0 bridgehead atoms. The number of nitrogens with zero attached hydrogens (tertiary/aromatic N) is 2.